The van der Waals surface area contributed by atoms with Crippen molar-refractivity contribution < 1.29 is 13.0 Å². The molecule has 5 aromatic rings. The molecule has 0 saturated heterocycles. The van der Waals surface area contributed by atoms with Crippen molar-refractivity contribution in [2.24, 2.45) is 0 Å². The van der Waals surface area contributed by atoms with E-state index in [9.17, 15) is 8.42 Å². The lowest BCUT2D eigenvalue weighted by Gasteiger charge is -2.18. The van der Waals surface area contributed by atoms with Gasteiger partial charge in [0.25, 0.3) is 10.1 Å². The molecule has 0 saturated carbocycles. The van der Waals surface area contributed by atoms with Gasteiger partial charge in [0.05, 0.1) is 0 Å². The second kappa shape index (κ2) is 10.5. The van der Waals surface area contributed by atoms with Gasteiger partial charge in [0, 0.05) is 5.39 Å². The average molecular weight is 471 g/mol. The van der Waals surface area contributed by atoms with Crippen molar-refractivity contribution >= 4 is 44.7 Å². The zero-order valence-electron chi connectivity index (χ0n) is 17.8. The molecule has 0 amide bonds. The van der Waals surface area contributed by atoms with Crippen molar-refractivity contribution in [1.29, 1.82) is 0 Å². The Bertz CT molecular complexity index is 1320. The maximum absolute atomic E-state index is 11.0. The van der Waals surface area contributed by atoms with Crippen LogP contribution in [0.1, 0.15) is 0 Å². The molecule has 0 radical (unpaired) electrons. The Labute approximate surface area is 195 Å². The Morgan fingerprint density at radius 3 is 1.33 bits per heavy atom. The van der Waals surface area contributed by atoms with Crippen LogP contribution in [0.4, 0.5) is 0 Å². The molecule has 0 heterocycles. The predicted octanol–water partition coefficient (Wildman–Crippen LogP) is 5.53. The smallest absolute Gasteiger partial charge is 0.282 e. The van der Waals surface area contributed by atoms with E-state index in [-0.39, 0.29) is 4.90 Å². The summed E-state index contributed by atoms with van der Waals surface area (Å²) in [5.41, 5.74) is 0. The number of hydrogen-bond acceptors (Lipinski definition) is 2. The lowest BCUT2D eigenvalue weighted by Crippen LogP contribution is -2.20. The minimum atomic E-state index is -4.13. The Balaban J connectivity index is 0.000000165. The molecule has 1 N–H and O–H groups in total. The van der Waals surface area contributed by atoms with Crippen molar-refractivity contribution in [3.05, 3.63) is 133 Å². The van der Waals surface area contributed by atoms with Crippen LogP contribution in [0, 0.1) is 0 Å². The lowest BCUT2D eigenvalue weighted by atomic mass is 10.1. The van der Waals surface area contributed by atoms with Crippen molar-refractivity contribution in [2.45, 2.75) is 4.90 Å². The van der Waals surface area contributed by atoms with Crippen LogP contribution >= 0.6 is 7.92 Å². The molecule has 5 heteroatoms. The van der Waals surface area contributed by atoms with Crippen molar-refractivity contribution in [2.75, 3.05) is 0 Å². The van der Waals surface area contributed by atoms with E-state index >= 15 is 0 Å². The van der Waals surface area contributed by atoms with Gasteiger partial charge in [-0.15, -0.1) is 0 Å². The van der Waals surface area contributed by atoms with Gasteiger partial charge < -0.3 is 0 Å². The zero-order valence-corrected chi connectivity index (χ0v) is 19.5. The highest BCUT2D eigenvalue weighted by molar-refractivity contribution is 7.86. The first kappa shape index (κ1) is 22.9. The van der Waals surface area contributed by atoms with E-state index in [1.807, 2.05) is 6.07 Å². The van der Waals surface area contributed by atoms with Crippen LogP contribution in [0.5, 0.6) is 0 Å². The summed E-state index contributed by atoms with van der Waals surface area (Å²) in [7, 11) is -4.58. The molecule has 33 heavy (non-hydrogen) atoms. The monoisotopic (exact) mass is 470 g/mol. The standard InChI is InChI=1S/C18H15P.C10H8O3S/c1-4-10-16(11-5-1)19(17-12-6-2-7-13-17)18-14-8-3-9-15-18;11-14(12,13)10-7-3-5-8-4-1-2-6-9(8)10/h1-15H;1-7H,(H,11,12,13). The first-order valence-electron chi connectivity index (χ1n) is 10.4. The molecule has 3 nitrogen and oxygen atoms in total. The molecule has 0 aromatic heterocycles. The van der Waals surface area contributed by atoms with E-state index in [1.165, 1.54) is 22.0 Å². The van der Waals surface area contributed by atoms with Crippen LogP contribution in [0.3, 0.4) is 0 Å². The summed E-state index contributed by atoms with van der Waals surface area (Å²) in [6.45, 7) is 0. The average Bonchev–Trinajstić information content (AvgIpc) is 2.86. The molecule has 0 aliphatic rings. The third-order valence-electron chi connectivity index (χ3n) is 5.07. The number of rotatable bonds is 4. The highest BCUT2D eigenvalue weighted by Crippen LogP contribution is 2.32. The lowest BCUT2D eigenvalue weighted by molar-refractivity contribution is 0.484. The van der Waals surface area contributed by atoms with Crippen LogP contribution in [-0.2, 0) is 10.1 Å². The van der Waals surface area contributed by atoms with E-state index in [0.29, 0.717) is 5.39 Å². The highest BCUT2D eigenvalue weighted by Gasteiger charge is 2.15. The molecule has 164 valence electrons. The van der Waals surface area contributed by atoms with Crippen molar-refractivity contribution in [3.63, 3.8) is 0 Å². The third-order valence-corrected chi connectivity index (χ3v) is 8.43. The first-order valence-corrected chi connectivity index (χ1v) is 13.2. The third kappa shape index (κ3) is 5.74. The molecule has 0 unspecified atom stereocenters. The SMILES string of the molecule is O=S(=O)(O)c1cccc2ccccc12.c1ccc(P(c2ccccc2)c2ccccc2)cc1. The maximum atomic E-state index is 11.0. The molecular formula is C28H23O3PS. The molecule has 0 fully saturated rings. The van der Waals surface area contributed by atoms with Gasteiger partial charge in [-0.25, -0.2) is 0 Å². The van der Waals surface area contributed by atoms with Gasteiger partial charge in [0.2, 0.25) is 0 Å². The predicted molar refractivity (Wildman–Crippen MR) is 139 cm³/mol. The zero-order chi connectivity index (χ0) is 23.1. The molecule has 0 aliphatic heterocycles. The van der Waals surface area contributed by atoms with Gasteiger partial charge in [0.15, 0.2) is 0 Å². The van der Waals surface area contributed by atoms with Crippen LogP contribution in [0.15, 0.2) is 138 Å². The van der Waals surface area contributed by atoms with Crippen LogP contribution in [0.25, 0.3) is 10.8 Å². The van der Waals surface area contributed by atoms with E-state index in [1.54, 1.807) is 30.3 Å². The van der Waals surface area contributed by atoms with Crippen molar-refractivity contribution in [3.8, 4) is 0 Å². The molecule has 5 rings (SSSR count). The summed E-state index contributed by atoms with van der Waals surface area (Å²) in [5, 5.41) is 5.53. The Morgan fingerprint density at radius 2 is 0.879 bits per heavy atom. The van der Waals surface area contributed by atoms with E-state index < -0.39 is 18.0 Å². The van der Waals surface area contributed by atoms with Gasteiger partial charge in [0.1, 0.15) is 4.90 Å². The van der Waals surface area contributed by atoms with Gasteiger partial charge in [-0.05, 0) is 35.3 Å². The summed E-state index contributed by atoms with van der Waals surface area (Å²) in [6, 6.07) is 44.1. The van der Waals surface area contributed by atoms with Gasteiger partial charge in [-0.2, -0.15) is 8.42 Å². The summed E-state index contributed by atoms with van der Waals surface area (Å²) >= 11 is 0. The van der Waals surface area contributed by atoms with Crippen molar-refractivity contribution in [1.82, 2.24) is 0 Å². The molecule has 5 aromatic carbocycles. The number of fused-ring (bicyclic) bond motifs is 1. The Hall–Kier alpha value is -3.30. The first-order chi connectivity index (χ1) is 16.0. The minimum absolute atomic E-state index is 0.0457. The molecule has 0 aliphatic carbocycles. The highest BCUT2D eigenvalue weighted by atomic mass is 32.2. The summed E-state index contributed by atoms with van der Waals surface area (Å²) in [4.78, 5) is -0.0457. The minimum Gasteiger partial charge on any atom is -0.282 e. The Kier molecular flexibility index (Phi) is 7.31. The maximum Gasteiger partial charge on any atom is 0.295 e. The van der Waals surface area contributed by atoms with Gasteiger partial charge in [-0.3, -0.25) is 4.55 Å². The number of hydrogen-bond donors (Lipinski definition) is 1. The largest absolute Gasteiger partial charge is 0.295 e. The van der Waals surface area contributed by atoms with E-state index in [2.05, 4.69) is 91.0 Å². The Morgan fingerprint density at radius 1 is 0.485 bits per heavy atom. The molecule has 0 bridgehead atoms. The summed E-state index contributed by atoms with van der Waals surface area (Å²) < 4.78 is 31.0. The van der Waals surface area contributed by atoms with Crippen LogP contribution in [-0.4, -0.2) is 13.0 Å². The molecule has 0 atom stereocenters. The molecular weight excluding hydrogens is 447 g/mol. The van der Waals surface area contributed by atoms with Crippen LogP contribution < -0.4 is 15.9 Å². The topological polar surface area (TPSA) is 54.4 Å². The van der Waals surface area contributed by atoms with Gasteiger partial charge >= 0.3 is 0 Å². The van der Waals surface area contributed by atoms with Crippen LogP contribution in [0.2, 0.25) is 0 Å². The van der Waals surface area contributed by atoms with Gasteiger partial charge in [-0.1, -0.05) is 127 Å². The molecule has 0 spiro atoms. The summed E-state index contributed by atoms with van der Waals surface area (Å²) in [6.07, 6.45) is 0. The second-order valence-corrected chi connectivity index (χ2v) is 10.9. The quantitative estimate of drug-likeness (QED) is 0.278. The normalized spacial score (nSPS) is 11.1. The fourth-order valence-corrected chi connectivity index (χ4v) is 6.62. The second-order valence-electron chi connectivity index (χ2n) is 7.29. The van der Waals surface area contributed by atoms with E-state index in [0.717, 1.165) is 5.39 Å². The fourth-order valence-electron chi connectivity index (χ4n) is 3.60. The fraction of sp³-hybridized carbons (Fsp3) is 0. The summed E-state index contributed by atoms with van der Waals surface area (Å²) in [5.74, 6) is 0. The van der Waals surface area contributed by atoms with E-state index in [4.69, 9.17) is 4.55 Å². The number of benzene rings is 5.